The number of halogens is 6. The number of nitrogens with one attached hydrogen (secondary N) is 1. The molecule has 0 unspecified atom stereocenters. The highest BCUT2D eigenvalue weighted by Gasteiger charge is 2.43. The maximum Gasteiger partial charge on any atom is 0.490 e. The minimum absolute atomic E-state index is 0.0242. The Labute approximate surface area is 225 Å². The van der Waals surface area contributed by atoms with Crippen LogP contribution >= 0.6 is 0 Å². The molecular formula is C25H29F6N3O6. The maximum atomic E-state index is 10.6. The van der Waals surface area contributed by atoms with Crippen LogP contribution in [-0.2, 0) is 20.9 Å². The zero-order chi connectivity index (χ0) is 30.0. The third-order valence-electron chi connectivity index (χ3n) is 5.93. The summed E-state index contributed by atoms with van der Waals surface area (Å²) in [5.41, 5.74) is 1.27. The minimum Gasteiger partial charge on any atom is -0.497 e. The average Bonchev–Trinajstić information content (AvgIpc) is 3.25. The summed E-state index contributed by atoms with van der Waals surface area (Å²) in [5.74, 6) is -3.63. The maximum absolute atomic E-state index is 10.6. The lowest BCUT2D eigenvalue weighted by Gasteiger charge is -2.38. The highest BCUT2D eigenvalue weighted by Crippen LogP contribution is 2.36. The lowest BCUT2D eigenvalue weighted by molar-refractivity contribution is -0.193. The molecule has 3 heterocycles. The van der Waals surface area contributed by atoms with Crippen LogP contribution in [0, 0.1) is 0 Å². The van der Waals surface area contributed by atoms with Crippen LogP contribution in [0.15, 0.2) is 48.7 Å². The molecule has 2 atom stereocenters. The Hall–Kier alpha value is -3.59. The van der Waals surface area contributed by atoms with Crippen LogP contribution in [0.3, 0.4) is 0 Å². The summed E-state index contributed by atoms with van der Waals surface area (Å²) in [5, 5.41) is 17.8. The molecule has 1 spiro atoms. The van der Waals surface area contributed by atoms with Crippen molar-refractivity contribution in [1.29, 1.82) is 0 Å². The Kier molecular flexibility index (Phi) is 11.5. The second-order valence-electron chi connectivity index (χ2n) is 9.00. The molecule has 2 aliphatic heterocycles. The Balaban J connectivity index is 0.000000333. The van der Waals surface area contributed by atoms with Crippen LogP contribution in [0.25, 0.3) is 0 Å². The van der Waals surface area contributed by atoms with Gasteiger partial charge in [0.15, 0.2) is 0 Å². The van der Waals surface area contributed by atoms with Gasteiger partial charge < -0.3 is 25.0 Å². The van der Waals surface area contributed by atoms with E-state index in [4.69, 9.17) is 29.3 Å². The molecule has 2 aliphatic rings. The van der Waals surface area contributed by atoms with E-state index in [1.165, 1.54) is 5.56 Å². The van der Waals surface area contributed by atoms with Crippen molar-refractivity contribution >= 4 is 17.8 Å². The molecule has 0 amide bonds. The van der Waals surface area contributed by atoms with Gasteiger partial charge in [0.2, 0.25) is 0 Å². The second-order valence-corrected chi connectivity index (χ2v) is 9.00. The molecule has 15 heteroatoms. The zero-order valence-corrected chi connectivity index (χ0v) is 21.3. The number of benzene rings is 1. The first-order chi connectivity index (χ1) is 18.6. The van der Waals surface area contributed by atoms with Crippen LogP contribution in [0.2, 0.25) is 0 Å². The number of nitrogens with zero attached hydrogens (tertiary/aromatic N) is 2. The summed E-state index contributed by atoms with van der Waals surface area (Å²) in [7, 11) is 1.72. The Morgan fingerprint density at radius 3 is 2.30 bits per heavy atom. The van der Waals surface area contributed by atoms with Gasteiger partial charge in [0, 0.05) is 38.5 Å². The fourth-order valence-corrected chi connectivity index (χ4v) is 4.18. The number of aliphatic carboxylic acids is 2. The van der Waals surface area contributed by atoms with Crippen molar-refractivity contribution in [1.82, 2.24) is 9.88 Å². The third-order valence-corrected chi connectivity index (χ3v) is 5.93. The SMILES string of the molecule is COc1cccc(CN2CC[C@@]3(C[C@@H](Nc4ccccn4)CCO3)C2)c1.O=C(O)C(F)(F)F.O=C(O)C(F)(F)F. The molecular weight excluding hydrogens is 552 g/mol. The number of anilines is 1. The molecule has 0 radical (unpaired) electrons. The molecule has 0 saturated carbocycles. The molecule has 4 rings (SSSR count). The highest BCUT2D eigenvalue weighted by atomic mass is 19.4. The molecule has 0 bridgehead atoms. The van der Waals surface area contributed by atoms with E-state index in [0.29, 0.717) is 6.04 Å². The quantitative estimate of drug-likeness (QED) is 0.436. The van der Waals surface area contributed by atoms with Gasteiger partial charge >= 0.3 is 24.3 Å². The lowest BCUT2D eigenvalue weighted by atomic mass is 9.89. The summed E-state index contributed by atoms with van der Waals surface area (Å²) in [4.78, 5) is 24.7. The molecule has 2 aromatic rings. The van der Waals surface area contributed by atoms with Crippen molar-refractivity contribution in [3.8, 4) is 5.75 Å². The van der Waals surface area contributed by atoms with Gasteiger partial charge in [-0.15, -0.1) is 0 Å². The number of rotatable bonds is 5. The third kappa shape index (κ3) is 10.9. The topological polar surface area (TPSA) is 121 Å². The monoisotopic (exact) mass is 581 g/mol. The van der Waals surface area contributed by atoms with E-state index in [1.54, 1.807) is 7.11 Å². The summed E-state index contributed by atoms with van der Waals surface area (Å²) in [6.45, 7) is 3.83. The normalized spacial score (nSPS) is 20.9. The molecule has 40 heavy (non-hydrogen) atoms. The standard InChI is InChI=1S/C21H27N3O2.2C2HF3O2/c1-25-19-6-4-5-17(13-19)15-24-11-9-21(16-24)14-18(8-12-26-21)23-20-7-2-3-10-22-20;2*3-2(4,5)1(6)7/h2-7,10,13,18H,8-9,11-12,14-16H2,1H3,(H,22,23);2*(H,6,7)/t18-,21+;;/m0../s1. The largest absolute Gasteiger partial charge is 0.497 e. The number of ether oxygens (including phenoxy) is 2. The number of methoxy groups -OCH3 is 1. The summed E-state index contributed by atoms with van der Waals surface area (Å²) < 4.78 is 75.1. The van der Waals surface area contributed by atoms with E-state index in [9.17, 15) is 26.3 Å². The molecule has 9 nitrogen and oxygen atoms in total. The first-order valence-corrected chi connectivity index (χ1v) is 11.9. The number of alkyl halides is 6. The van der Waals surface area contributed by atoms with E-state index >= 15 is 0 Å². The molecule has 2 fully saturated rings. The van der Waals surface area contributed by atoms with Gasteiger partial charge in [0.05, 0.1) is 12.7 Å². The van der Waals surface area contributed by atoms with Crippen LogP contribution in [0.5, 0.6) is 5.75 Å². The zero-order valence-electron chi connectivity index (χ0n) is 21.3. The number of pyridine rings is 1. The van der Waals surface area contributed by atoms with E-state index < -0.39 is 24.3 Å². The first kappa shape index (κ1) is 32.6. The minimum atomic E-state index is -5.08. The van der Waals surface area contributed by atoms with Gasteiger partial charge in [0.25, 0.3) is 0 Å². The summed E-state index contributed by atoms with van der Waals surface area (Å²) in [6, 6.07) is 14.8. The highest BCUT2D eigenvalue weighted by molar-refractivity contribution is 5.73. The van der Waals surface area contributed by atoms with Gasteiger partial charge in [-0.25, -0.2) is 14.6 Å². The van der Waals surface area contributed by atoms with Gasteiger partial charge in [-0.2, -0.15) is 26.3 Å². The Bertz CT molecular complexity index is 1080. The van der Waals surface area contributed by atoms with E-state index in [0.717, 1.165) is 57.1 Å². The molecule has 1 aromatic heterocycles. The van der Waals surface area contributed by atoms with Gasteiger partial charge in [0.1, 0.15) is 11.6 Å². The van der Waals surface area contributed by atoms with Crippen LogP contribution < -0.4 is 10.1 Å². The number of hydrogen-bond acceptors (Lipinski definition) is 7. The predicted molar refractivity (Wildman–Crippen MR) is 130 cm³/mol. The van der Waals surface area contributed by atoms with Crippen molar-refractivity contribution in [2.45, 2.75) is 49.8 Å². The van der Waals surface area contributed by atoms with Gasteiger partial charge in [-0.3, -0.25) is 4.90 Å². The average molecular weight is 582 g/mol. The van der Waals surface area contributed by atoms with E-state index in [-0.39, 0.29) is 5.60 Å². The van der Waals surface area contributed by atoms with E-state index in [1.807, 2.05) is 30.5 Å². The summed E-state index contributed by atoms with van der Waals surface area (Å²) in [6.07, 6.45) is -5.16. The molecule has 2 saturated heterocycles. The predicted octanol–water partition coefficient (Wildman–Crippen LogP) is 4.59. The number of carboxylic acids is 2. The molecule has 0 aliphatic carbocycles. The fraction of sp³-hybridized carbons (Fsp3) is 0.480. The van der Waals surface area contributed by atoms with Gasteiger partial charge in [-0.05, 0) is 49.1 Å². The van der Waals surface area contributed by atoms with Gasteiger partial charge in [-0.1, -0.05) is 18.2 Å². The number of carboxylic acid groups (broad SMARTS) is 2. The number of hydrogen-bond donors (Lipinski definition) is 3. The van der Waals surface area contributed by atoms with Crippen LogP contribution in [-0.4, -0.2) is 82.8 Å². The van der Waals surface area contributed by atoms with Crippen LogP contribution in [0.4, 0.5) is 32.2 Å². The van der Waals surface area contributed by atoms with Crippen molar-refractivity contribution in [2.24, 2.45) is 0 Å². The van der Waals surface area contributed by atoms with Crippen LogP contribution in [0.1, 0.15) is 24.8 Å². The molecule has 3 N–H and O–H groups in total. The smallest absolute Gasteiger partial charge is 0.490 e. The first-order valence-electron chi connectivity index (χ1n) is 11.9. The molecule has 222 valence electrons. The molecule has 1 aromatic carbocycles. The fourth-order valence-electron chi connectivity index (χ4n) is 4.18. The Morgan fingerprint density at radius 2 is 1.75 bits per heavy atom. The van der Waals surface area contributed by atoms with Crippen molar-refractivity contribution in [3.05, 3.63) is 54.2 Å². The number of likely N-dealkylation sites (tertiary alicyclic amines) is 1. The number of aromatic nitrogens is 1. The second kappa shape index (κ2) is 14.2. The van der Waals surface area contributed by atoms with Crippen molar-refractivity contribution in [2.75, 3.05) is 32.1 Å². The summed E-state index contributed by atoms with van der Waals surface area (Å²) >= 11 is 0. The van der Waals surface area contributed by atoms with Crippen molar-refractivity contribution in [3.63, 3.8) is 0 Å². The van der Waals surface area contributed by atoms with Crippen molar-refractivity contribution < 1.29 is 55.6 Å². The lowest BCUT2D eigenvalue weighted by Crippen LogP contribution is -2.46. The van der Waals surface area contributed by atoms with E-state index in [2.05, 4.69) is 33.4 Å². The number of carbonyl (C=O) groups is 2. The Morgan fingerprint density at radius 1 is 1.10 bits per heavy atom.